The van der Waals surface area contributed by atoms with Gasteiger partial charge in [0, 0.05) is 26.2 Å². The van der Waals surface area contributed by atoms with Gasteiger partial charge in [0.15, 0.2) is 15.7 Å². The number of rotatable bonds is 9. The van der Waals surface area contributed by atoms with E-state index in [2.05, 4.69) is 20.6 Å². The molecular formula is C28H30ClF3N6O5S. The van der Waals surface area contributed by atoms with Gasteiger partial charge in [-0.05, 0) is 43.7 Å². The average molecular weight is 655 g/mol. The predicted octanol–water partition coefficient (Wildman–Crippen LogP) is 4.58. The molecule has 0 aliphatic carbocycles. The van der Waals surface area contributed by atoms with E-state index in [9.17, 15) is 31.2 Å². The number of sulfone groups is 1. The van der Waals surface area contributed by atoms with Gasteiger partial charge >= 0.3 is 12.1 Å². The number of piperazine rings is 1. The molecule has 0 saturated carbocycles. The van der Waals surface area contributed by atoms with E-state index in [1.807, 2.05) is 0 Å². The SMILES string of the molecule is COc1ccc(CC(=O)N2CCN(C(=O)C(F)(F)F)CC2)cc1Nc1ncc(Cl)c(Nc2ccccc2S(=O)(=O)C(C)C)n1. The lowest BCUT2D eigenvalue weighted by molar-refractivity contribution is -0.187. The molecule has 1 aliphatic rings. The fourth-order valence-electron chi connectivity index (χ4n) is 4.42. The van der Waals surface area contributed by atoms with Crippen LogP contribution in [0.4, 0.5) is 36.3 Å². The molecule has 3 aromatic rings. The molecule has 2 N–H and O–H groups in total. The van der Waals surface area contributed by atoms with Gasteiger partial charge in [-0.25, -0.2) is 13.4 Å². The van der Waals surface area contributed by atoms with Gasteiger partial charge in [0.1, 0.15) is 10.8 Å². The zero-order valence-corrected chi connectivity index (χ0v) is 25.6. The Morgan fingerprint density at radius 1 is 1.02 bits per heavy atom. The topological polar surface area (TPSA) is 134 Å². The summed E-state index contributed by atoms with van der Waals surface area (Å²) in [4.78, 5) is 35.2. The smallest absolute Gasteiger partial charge is 0.471 e. The Balaban J connectivity index is 1.49. The van der Waals surface area contributed by atoms with Gasteiger partial charge in [-0.15, -0.1) is 0 Å². The summed E-state index contributed by atoms with van der Waals surface area (Å²) in [5.74, 6) is -1.59. The van der Waals surface area contributed by atoms with Crippen molar-refractivity contribution in [3.63, 3.8) is 0 Å². The second-order valence-corrected chi connectivity index (χ2v) is 13.0. The molecule has 4 rings (SSSR count). The first-order valence-corrected chi connectivity index (χ1v) is 15.3. The molecule has 11 nitrogen and oxygen atoms in total. The number of carbonyl (C=O) groups is 2. The summed E-state index contributed by atoms with van der Waals surface area (Å²) < 4.78 is 69.4. The van der Waals surface area contributed by atoms with Crippen molar-refractivity contribution in [2.24, 2.45) is 0 Å². The Morgan fingerprint density at radius 2 is 1.68 bits per heavy atom. The van der Waals surface area contributed by atoms with Gasteiger partial charge in [0.2, 0.25) is 11.9 Å². The molecule has 1 saturated heterocycles. The molecule has 2 aromatic carbocycles. The van der Waals surface area contributed by atoms with E-state index < -0.39 is 27.2 Å². The summed E-state index contributed by atoms with van der Waals surface area (Å²) in [5.41, 5.74) is 1.27. The first-order chi connectivity index (χ1) is 20.7. The molecule has 1 fully saturated rings. The van der Waals surface area contributed by atoms with Crippen LogP contribution < -0.4 is 15.4 Å². The average Bonchev–Trinajstić information content (AvgIpc) is 2.98. The summed E-state index contributed by atoms with van der Waals surface area (Å²) >= 11 is 6.33. The Morgan fingerprint density at radius 3 is 2.32 bits per heavy atom. The third-order valence-corrected chi connectivity index (χ3v) is 9.33. The Kier molecular flexibility index (Phi) is 9.88. The minimum atomic E-state index is -4.96. The summed E-state index contributed by atoms with van der Waals surface area (Å²) in [6, 6.07) is 11.3. The molecule has 0 atom stereocenters. The molecular weight excluding hydrogens is 625 g/mol. The zero-order valence-electron chi connectivity index (χ0n) is 24.0. The van der Waals surface area contributed by atoms with Gasteiger partial charge in [0.05, 0.1) is 41.2 Å². The van der Waals surface area contributed by atoms with Crippen LogP contribution in [0, 0.1) is 0 Å². The quantitative estimate of drug-likeness (QED) is 0.340. The number of halogens is 4. The van der Waals surface area contributed by atoms with Crippen molar-refractivity contribution in [1.29, 1.82) is 0 Å². The van der Waals surface area contributed by atoms with Gasteiger partial charge in [-0.2, -0.15) is 18.2 Å². The van der Waals surface area contributed by atoms with Crippen LogP contribution in [-0.2, 0) is 25.8 Å². The highest BCUT2D eigenvalue weighted by Gasteiger charge is 2.43. The summed E-state index contributed by atoms with van der Waals surface area (Å²) in [6.45, 7) is 2.72. The van der Waals surface area contributed by atoms with Gasteiger partial charge < -0.3 is 25.2 Å². The first kappa shape index (κ1) is 32.8. The number of nitrogens with one attached hydrogen (secondary N) is 2. The van der Waals surface area contributed by atoms with E-state index in [-0.39, 0.29) is 65.9 Å². The van der Waals surface area contributed by atoms with Crippen molar-refractivity contribution in [2.45, 2.75) is 36.6 Å². The molecule has 0 bridgehead atoms. The largest absolute Gasteiger partial charge is 0.495 e. The highest BCUT2D eigenvalue weighted by atomic mass is 35.5. The van der Waals surface area contributed by atoms with E-state index >= 15 is 0 Å². The van der Waals surface area contributed by atoms with Crippen molar-refractivity contribution in [1.82, 2.24) is 19.8 Å². The minimum Gasteiger partial charge on any atom is -0.495 e. The standard InChI is InChI=1S/C28H30ClF3N6O5S/c1-17(2)44(41,42)23-7-5-4-6-20(23)34-25-19(29)16-33-27(36-25)35-21-14-18(8-9-22(21)43-3)15-24(39)37-10-12-38(13-11-37)26(40)28(30,31)32/h4-9,14,16-17H,10-13,15H2,1-3H3,(H2,33,34,35,36). The monoisotopic (exact) mass is 654 g/mol. The number of hydrogen-bond donors (Lipinski definition) is 2. The number of carbonyl (C=O) groups excluding carboxylic acids is 2. The number of amides is 2. The van der Waals surface area contributed by atoms with Crippen LogP contribution in [0.15, 0.2) is 53.6 Å². The Labute approximate surface area is 257 Å². The number of ether oxygens (including phenoxy) is 1. The van der Waals surface area contributed by atoms with Crippen LogP contribution in [0.25, 0.3) is 0 Å². The van der Waals surface area contributed by atoms with E-state index in [0.717, 1.165) is 0 Å². The maximum atomic E-state index is 12.9. The van der Waals surface area contributed by atoms with Crippen LogP contribution in [0.3, 0.4) is 0 Å². The molecule has 0 spiro atoms. The maximum Gasteiger partial charge on any atom is 0.471 e. The lowest BCUT2D eigenvalue weighted by atomic mass is 10.1. The second-order valence-electron chi connectivity index (χ2n) is 10.1. The van der Waals surface area contributed by atoms with Crippen LogP contribution in [0.5, 0.6) is 5.75 Å². The summed E-state index contributed by atoms with van der Waals surface area (Å²) in [7, 11) is -2.17. The second kappa shape index (κ2) is 13.3. The van der Waals surface area contributed by atoms with E-state index in [1.165, 1.54) is 24.3 Å². The lowest BCUT2D eigenvalue weighted by Gasteiger charge is -2.35. The molecule has 2 amide bonds. The summed E-state index contributed by atoms with van der Waals surface area (Å²) in [6.07, 6.45) is -3.68. The van der Waals surface area contributed by atoms with Crippen LogP contribution in [-0.4, -0.2) is 84.7 Å². The number of aromatic nitrogens is 2. The molecule has 0 radical (unpaired) electrons. The van der Waals surface area contributed by atoms with Crippen molar-refractivity contribution in [3.05, 3.63) is 59.2 Å². The number of anilines is 4. The normalized spacial score (nSPS) is 14.0. The fourth-order valence-corrected chi connectivity index (χ4v) is 5.76. The molecule has 16 heteroatoms. The third-order valence-electron chi connectivity index (χ3n) is 6.84. The highest BCUT2D eigenvalue weighted by Crippen LogP contribution is 2.32. The number of alkyl halides is 3. The predicted molar refractivity (Wildman–Crippen MR) is 158 cm³/mol. The lowest BCUT2D eigenvalue weighted by Crippen LogP contribution is -2.53. The molecule has 236 valence electrons. The van der Waals surface area contributed by atoms with E-state index in [4.69, 9.17) is 16.3 Å². The first-order valence-electron chi connectivity index (χ1n) is 13.4. The maximum absolute atomic E-state index is 12.9. The Bertz CT molecular complexity index is 1650. The Hall–Kier alpha value is -4.11. The van der Waals surface area contributed by atoms with Crippen molar-refractivity contribution < 1.29 is 35.9 Å². The molecule has 1 aliphatic heterocycles. The van der Waals surface area contributed by atoms with Crippen molar-refractivity contribution in [3.8, 4) is 5.75 Å². The molecule has 1 aromatic heterocycles. The molecule has 2 heterocycles. The van der Waals surface area contributed by atoms with Gasteiger partial charge in [0.25, 0.3) is 0 Å². The van der Waals surface area contributed by atoms with Crippen molar-refractivity contribution in [2.75, 3.05) is 43.9 Å². The van der Waals surface area contributed by atoms with Gasteiger partial charge in [-0.1, -0.05) is 29.8 Å². The number of benzene rings is 2. The number of methoxy groups -OCH3 is 1. The number of hydrogen-bond acceptors (Lipinski definition) is 9. The summed E-state index contributed by atoms with van der Waals surface area (Å²) in [5, 5.41) is 5.48. The zero-order chi connectivity index (χ0) is 32.2. The fraction of sp³-hybridized carbons (Fsp3) is 0.357. The molecule has 0 unspecified atom stereocenters. The van der Waals surface area contributed by atoms with Crippen LogP contribution in [0.1, 0.15) is 19.4 Å². The van der Waals surface area contributed by atoms with Crippen LogP contribution in [0.2, 0.25) is 5.02 Å². The minimum absolute atomic E-state index is 0.0160. The van der Waals surface area contributed by atoms with E-state index in [0.29, 0.717) is 21.9 Å². The van der Waals surface area contributed by atoms with Crippen molar-refractivity contribution >= 4 is 56.4 Å². The number of nitrogens with zero attached hydrogens (tertiary/aromatic N) is 4. The molecule has 44 heavy (non-hydrogen) atoms. The van der Waals surface area contributed by atoms with E-state index in [1.54, 1.807) is 50.2 Å². The third kappa shape index (κ3) is 7.50. The van der Waals surface area contributed by atoms with Gasteiger partial charge in [-0.3, -0.25) is 9.59 Å². The highest BCUT2D eigenvalue weighted by molar-refractivity contribution is 7.92. The van der Waals surface area contributed by atoms with Crippen LogP contribution >= 0.6 is 11.6 Å². The number of para-hydroxylation sites is 1.